The molecule has 0 aromatic rings. The standard InChI is InChI=1S/C7H9F4NO3/c1-6(2,8)3(4(13)14)12-5(15)7(9,10)11/h3H,1-2H3,(H,12,15)(H,13,14). The summed E-state index contributed by atoms with van der Waals surface area (Å²) in [5, 5.41) is 9.46. The molecule has 0 aliphatic heterocycles. The molecule has 0 heterocycles. The Morgan fingerprint density at radius 1 is 1.20 bits per heavy atom. The van der Waals surface area contributed by atoms with Crippen LogP contribution in [0.5, 0.6) is 0 Å². The van der Waals surface area contributed by atoms with Crippen molar-refractivity contribution in [1.29, 1.82) is 0 Å². The molecule has 0 radical (unpaired) electrons. The lowest BCUT2D eigenvalue weighted by Crippen LogP contribution is -2.55. The molecular formula is C7H9F4NO3. The van der Waals surface area contributed by atoms with Gasteiger partial charge in [0, 0.05) is 0 Å². The molecule has 4 nitrogen and oxygen atoms in total. The van der Waals surface area contributed by atoms with Crippen LogP contribution in [0.4, 0.5) is 17.6 Å². The van der Waals surface area contributed by atoms with Gasteiger partial charge < -0.3 is 10.4 Å². The van der Waals surface area contributed by atoms with Crippen LogP contribution in [0.1, 0.15) is 13.8 Å². The van der Waals surface area contributed by atoms with Crippen molar-refractivity contribution >= 4 is 11.9 Å². The maximum Gasteiger partial charge on any atom is 0.471 e. The van der Waals surface area contributed by atoms with Gasteiger partial charge in [-0.3, -0.25) is 4.79 Å². The van der Waals surface area contributed by atoms with E-state index >= 15 is 0 Å². The number of carboxylic acid groups (broad SMARTS) is 1. The minimum absolute atomic E-state index is 0.752. The second-order valence-electron chi connectivity index (χ2n) is 3.31. The van der Waals surface area contributed by atoms with E-state index in [1.807, 2.05) is 0 Å². The summed E-state index contributed by atoms with van der Waals surface area (Å²) in [6, 6.07) is -2.24. The van der Waals surface area contributed by atoms with E-state index in [0.29, 0.717) is 0 Å². The van der Waals surface area contributed by atoms with E-state index in [0.717, 1.165) is 19.2 Å². The Morgan fingerprint density at radius 3 is 1.80 bits per heavy atom. The maximum atomic E-state index is 13.1. The average Bonchev–Trinajstić information content (AvgIpc) is 1.94. The van der Waals surface area contributed by atoms with E-state index in [2.05, 4.69) is 0 Å². The Hall–Kier alpha value is -1.34. The zero-order valence-electron chi connectivity index (χ0n) is 7.85. The third-order valence-electron chi connectivity index (χ3n) is 1.47. The lowest BCUT2D eigenvalue weighted by molar-refractivity contribution is -0.176. The van der Waals surface area contributed by atoms with Gasteiger partial charge in [0.2, 0.25) is 0 Å². The highest BCUT2D eigenvalue weighted by molar-refractivity contribution is 5.87. The Labute approximate surface area is 82.3 Å². The van der Waals surface area contributed by atoms with Crippen LogP contribution in [0.3, 0.4) is 0 Å². The lowest BCUT2D eigenvalue weighted by Gasteiger charge is -2.24. The fourth-order valence-corrected chi connectivity index (χ4v) is 0.740. The molecule has 0 aliphatic carbocycles. The van der Waals surface area contributed by atoms with E-state index in [9.17, 15) is 27.2 Å². The molecule has 0 fully saturated rings. The van der Waals surface area contributed by atoms with Crippen molar-refractivity contribution in [3.8, 4) is 0 Å². The van der Waals surface area contributed by atoms with Gasteiger partial charge in [-0.1, -0.05) is 0 Å². The monoisotopic (exact) mass is 231 g/mol. The van der Waals surface area contributed by atoms with Gasteiger partial charge in [0.15, 0.2) is 6.04 Å². The highest BCUT2D eigenvalue weighted by Crippen LogP contribution is 2.19. The SMILES string of the molecule is CC(C)(F)C(NC(=O)C(F)(F)F)C(=O)O. The summed E-state index contributed by atoms with van der Waals surface area (Å²) in [5.41, 5.74) is -2.49. The number of rotatable bonds is 3. The number of amides is 1. The number of halogens is 4. The largest absolute Gasteiger partial charge is 0.480 e. The summed E-state index contributed by atoms with van der Waals surface area (Å²) in [7, 11) is 0. The van der Waals surface area contributed by atoms with E-state index in [4.69, 9.17) is 5.11 Å². The molecule has 0 aliphatic rings. The predicted octanol–water partition coefficient (Wildman–Crippen LogP) is 0.866. The van der Waals surface area contributed by atoms with Gasteiger partial charge in [-0.15, -0.1) is 0 Å². The van der Waals surface area contributed by atoms with E-state index in [-0.39, 0.29) is 0 Å². The van der Waals surface area contributed by atoms with E-state index in [1.54, 1.807) is 0 Å². The first-order valence-corrected chi connectivity index (χ1v) is 3.75. The van der Waals surface area contributed by atoms with Gasteiger partial charge in [-0.2, -0.15) is 13.2 Å². The minimum Gasteiger partial charge on any atom is -0.480 e. The predicted molar refractivity (Wildman–Crippen MR) is 40.8 cm³/mol. The van der Waals surface area contributed by atoms with Crippen LogP contribution in [0.15, 0.2) is 0 Å². The molecule has 1 unspecified atom stereocenters. The fourth-order valence-electron chi connectivity index (χ4n) is 0.740. The van der Waals surface area contributed by atoms with Gasteiger partial charge in [0.1, 0.15) is 5.67 Å². The maximum absolute atomic E-state index is 13.1. The van der Waals surface area contributed by atoms with Crippen molar-refractivity contribution in [2.24, 2.45) is 0 Å². The number of hydrogen-bond acceptors (Lipinski definition) is 2. The highest BCUT2D eigenvalue weighted by Gasteiger charge is 2.45. The third kappa shape index (κ3) is 4.13. The molecule has 1 amide bonds. The quantitative estimate of drug-likeness (QED) is 0.708. The minimum atomic E-state index is -5.24. The van der Waals surface area contributed by atoms with Gasteiger partial charge >= 0.3 is 18.1 Å². The number of hydrogen-bond donors (Lipinski definition) is 2. The van der Waals surface area contributed by atoms with Crippen LogP contribution in [-0.2, 0) is 9.59 Å². The lowest BCUT2D eigenvalue weighted by atomic mass is 10.0. The Kier molecular flexibility index (Phi) is 3.67. The van der Waals surface area contributed by atoms with Gasteiger partial charge in [-0.25, -0.2) is 9.18 Å². The highest BCUT2D eigenvalue weighted by atomic mass is 19.4. The van der Waals surface area contributed by atoms with Crippen molar-refractivity contribution in [2.75, 3.05) is 0 Å². The molecular weight excluding hydrogens is 222 g/mol. The smallest absolute Gasteiger partial charge is 0.471 e. The molecule has 0 aromatic heterocycles. The van der Waals surface area contributed by atoms with Crippen LogP contribution in [0, 0.1) is 0 Å². The molecule has 8 heteroatoms. The van der Waals surface area contributed by atoms with Crippen molar-refractivity contribution in [2.45, 2.75) is 31.7 Å². The Balaban J connectivity index is 4.74. The van der Waals surface area contributed by atoms with Crippen LogP contribution in [0.25, 0.3) is 0 Å². The summed E-state index contributed by atoms with van der Waals surface area (Å²) in [6.07, 6.45) is -5.24. The first-order chi connectivity index (χ1) is 6.46. The summed E-state index contributed by atoms with van der Waals surface area (Å²) in [5.74, 6) is -4.36. The number of carbonyl (C=O) groups excluding carboxylic acids is 1. The number of alkyl halides is 4. The van der Waals surface area contributed by atoms with Crippen molar-refractivity contribution in [3.63, 3.8) is 0 Å². The number of nitrogens with one attached hydrogen (secondary N) is 1. The Bertz CT molecular complexity index is 268. The fraction of sp³-hybridized carbons (Fsp3) is 0.714. The van der Waals surface area contributed by atoms with Crippen molar-refractivity contribution in [3.05, 3.63) is 0 Å². The molecule has 0 rings (SSSR count). The summed E-state index contributed by atoms with van der Waals surface area (Å²) >= 11 is 0. The van der Waals surface area contributed by atoms with Gasteiger partial charge in [0.05, 0.1) is 0 Å². The van der Waals surface area contributed by atoms with Crippen molar-refractivity contribution < 1.29 is 32.3 Å². The molecule has 88 valence electrons. The molecule has 0 bridgehead atoms. The first-order valence-electron chi connectivity index (χ1n) is 3.75. The third-order valence-corrected chi connectivity index (χ3v) is 1.47. The summed E-state index contributed by atoms with van der Waals surface area (Å²) < 4.78 is 48.3. The van der Waals surface area contributed by atoms with Crippen molar-refractivity contribution in [1.82, 2.24) is 5.32 Å². The van der Waals surface area contributed by atoms with E-state index < -0.39 is 29.8 Å². The van der Waals surface area contributed by atoms with Crippen LogP contribution in [-0.4, -0.2) is 34.9 Å². The van der Waals surface area contributed by atoms with Crippen LogP contribution >= 0.6 is 0 Å². The molecule has 15 heavy (non-hydrogen) atoms. The van der Waals surface area contributed by atoms with Gasteiger partial charge in [0.25, 0.3) is 0 Å². The normalized spacial score (nSPS) is 14.5. The zero-order chi connectivity index (χ0) is 12.4. The zero-order valence-corrected chi connectivity index (χ0v) is 7.85. The topological polar surface area (TPSA) is 66.4 Å². The van der Waals surface area contributed by atoms with Gasteiger partial charge in [-0.05, 0) is 13.8 Å². The molecule has 1 atom stereocenters. The first kappa shape index (κ1) is 13.7. The molecule has 0 spiro atoms. The molecule has 0 aromatic carbocycles. The molecule has 0 saturated carbocycles. The average molecular weight is 231 g/mol. The Morgan fingerprint density at radius 2 is 1.60 bits per heavy atom. The van der Waals surface area contributed by atoms with Crippen LogP contribution < -0.4 is 5.32 Å². The van der Waals surface area contributed by atoms with E-state index in [1.165, 1.54) is 0 Å². The summed E-state index contributed by atoms with van der Waals surface area (Å²) in [6.45, 7) is 1.50. The second kappa shape index (κ2) is 4.03. The van der Waals surface area contributed by atoms with Crippen LogP contribution in [0.2, 0.25) is 0 Å². The molecule has 0 saturated heterocycles. The number of carboxylic acids is 1. The second-order valence-corrected chi connectivity index (χ2v) is 3.31. The number of carbonyl (C=O) groups is 2. The number of aliphatic carboxylic acids is 1. The summed E-state index contributed by atoms with van der Waals surface area (Å²) in [4.78, 5) is 20.7. The molecule has 2 N–H and O–H groups in total.